The Labute approximate surface area is 102 Å². The van der Waals surface area contributed by atoms with Crippen LogP contribution in [0.2, 0.25) is 0 Å². The first kappa shape index (κ1) is 14.4. The van der Waals surface area contributed by atoms with Gasteiger partial charge in [-0.2, -0.15) is 0 Å². The van der Waals surface area contributed by atoms with E-state index in [-0.39, 0.29) is 24.1 Å². The fourth-order valence-electron chi connectivity index (χ4n) is 2.08. The molecule has 0 radical (unpaired) electrons. The molecule has 7 heteroatoms. The van der Waals surface area contributed by atoms with Gasteiger partial charge in [-0.25, -0.2) is 13.1 Å². The average Bonchev–Trinajstić information content (AvgIpc) is 2.72. The minimum Gasteiger partial charge on any atom is -0.469 e. The summed E-state index contributed by atoms with van der Waals surface area (Å²) in [7, 11) is -2.18. The summed E-state index contributed by atoms with van der Waals surface area (Å²) in [4.78, 5) is 10.9. The summed E-state index contributed by atoms with van der Waals surface area (Å²) < 4.78 is 30.4. The van der Waals surface area contributed by atoms with Crippen molar-refractivity contribution in [3.63, 3.8) is 0 Å². The van der Waals surface area contributed by atoms with Crippen LogP contribution in [0.25, 0.3) is 0 Å². The number of sulfonamides is 1. The Morgan fingerprint density at radius 3 is 2.76 bits per heavy atom. The van der Waals surface area contributed by atoms with Crippen molar-refractivity contribution in [1.82, 2.24) is 4.72 Å². The third-order valence-electron chi connectivity index (χ3n) is 3.10. The summed E-state index contributed by atoms with van der Waals surface area (Å²) in [6, 6.07) is -0.0809. The lowest BCUT2D eigenvalue weighted by Gasteiger charge is -2.19. The second-order valence-corrected chi connectivity index (χ2v) is 6.17. The number of nitrogens with two attached hydrogens (primary N) is 1. The molecule has 1 aliphatic carbocycles. The molecule has 2 unspecified atom stereocenters. The number of carbonyl (C=O) groups is 1. The van der Waals surface area contributed by atoms with Crippen LogP contribution in [-0.4, -0.2) is 39.8 Å². The molecular formula is C10H20N2O4S. The monoisotopic (exact) mass is 264 g/mol. The smallest absolute Gasteiger partial charge is 0.306 e. The largest absolute Gasteiger partial charge is 0.469 e. The van der Waals surface area contributed by atoms with Crippen molar-refractivity contribution >= 4 is 16.0 Å². The highest BCUT2D eigenvalue weighted by Gasteiger charge is 2.29. The molecule has 17 heavy (non-hydrogen) atoms. The predicted molar refractivity (Wildman–Crippen MR) is 63.7 cm³/mol. The molecule has 0 aromatic rings. The van der Waals surface area contributed by atoms with Crippen molar-refractivity contribution in [1.29, 1.82) is 0 Å². The zero-order valence-electron chi connectivity index (χ0n) is 10.0. The van der Waals surface area contributed by atoms with Gasteiger partial charge in [0.05, 0.1) is 19.3 Å². The number of hydrogen-bond donors (Lipinski definition) is 2. The molecule has 1 rings (SSSR count). The average molecular weight is 264 g/mol. The molecule has 0 heterocycles. The number of rotatable bonds is 6. The van der Waals surface area contributed by atoms with Gasteiger partial charge >= 0.3 is 5.97 Å². The van der Waals surface area contributed by atoms with E-state index in [1.165, 1.54) is 7.11 Å². The molecule has 1 aliphatic rings. The Morgan fingerprint density at radius 2 is 2.18 bits per heavy atom. The van der Waals surface area contributed by atoms with Gasteiger partial charge in [0.15, 0.2) is 0 Å². The molecule has 0 amide bonds. The second-order valence-electron chi connectivity index (χ2n) is 4.30. The number of ether oxygens (including phenoxy) is 1. The van der Waals surface area contributed by atoms with Gasteiger partial charge in [0.2, 0.25) is 10.0 Å². The Hall–Kier alpha value is -0.660. The Morgan fingerprint density at radius 1 is 1.47 bits per heavy atom. The van der Waals surface area contributed by atoms with E-state index in [9.17, 15) is 13.2 Å². The zero-order valence-corrected chi connectivity index (χ0v) is 10.8. The number of nitrogens with one attached hydrogen (secondary N) is 1. The first-order chi connectivity index (χ1) is 7.98. The molecular weight excluding hydrogens is 244 g/mol. The molecule has 0 aromatic carbocycles. The highest BCUT2D eigenvalue weighted by Crippen LogP contribution is 2.25. The number of hydrogen-bond acceptors (Lipinski definition) is 5. The Kier molecular flexibility index (Phi) is 5.35. The Bertz CT molecular complexity index is 355. The fourth-order valence-corrected chi connectivity index (χ4v) is 3.41. The van der Waals surface area contributed by atoms with Crippen LogP contribution < -0.4 is 10.5 Å². The van der Waals surface area contributed by atoms with E-state index in [1.807, 2.05) is 0 Å². The van der Waals surface area contributed by atoms with Crippen LogP contribution >= 0.6 is 0 Å². The maximum Gasteiger partial charge on any atom is 0.306 e. The van der Waals surface area contributed by atoms with E-state index in [1.54, 1.807) is 0 Å². The van der Waals surface area contributed by atoms with Gasteiger partial charge in [0.1, 0.15) is 0 Å². The maximum atomic E-state index is 11.7. The lowest BCUT2D eigenvalue weighted by Crippen LogP contribution is -2.41. The van der Waals surface area contributed by atoms with Crippen molar-refractivity contribution < 1.29 is 17.9 Å². The highest BCUT2D eigenvalue weighted by molar-refractivity contribution is 7.89. The molecule has 0 aromatic heterocycles. The van der Waals surface area contributed by atoms with Crippen molar-refractivity contribution in [2.45, 2.75) is 31.7 Å². The van der Waals surface area contributed by atoms with E-state index in [2.05, 4.69) is 9.46 Å². The van der Waals surface area contributed by atoms with Gasteiger partial charge in [-0.15, -0.1) is 0 Å². The number of methoxy groups -OCH3 is 1. The third-order valence-corrected chi connectivity index (χ3v) is 4.50. The van der Waals surface area contributed by atoms with Crippen LogP contribution in [0.5, 0.6) is 0 Å². The quantitative estimate of drug-likeness (QED) is 0.636. The lowest BCUT2D eigenvalue weighted by molar-refractivity contribution is -0.140. The normalized spacial score (nSPS) is 24.8. The van der Waals surface area contributed by atoms with Crippen molar-refractivity contribution in [3.05, 3.63) is 0 Å². The molecule has 0 bridgehead atoms. The Balaban J connectivity index is 2.46. The minimum absolute atomic E-state index is 0.0809. The first-order valence-corrected chi connectivity index (χ1v) is 7.40. The minimum atomic E-state index is -3.42. The molecule has 0 spiro atoms. The maximum absolute atomic E-state index is 11.7. The molecule has 1 fully saturated rings. The van der Waals surface area contributed by atoms with Crippen molar-refractivity contribution in [2.24, 2.45) is 11.7 Å². The molecule has 6 nitrogen and oxygen atoms in total. The van der Waals surface area contributed by atoms with Gasteiger partial charge in [-0.1, -0.05) is 6.42 Å². The third kappa shape index (κ3) is 4.61. The topological polar surface area (TPSA) is 98.5 Å². The first-order valence-electron chi connectivity index (χ1n) is 5.75. The van der Waals surface area contributed by atoms with Crippen LogP contribution in [0.4, 0.5) is 0 Å². The molecule has 0 saturated heterocycles. The van der Waals surface area contributed by atoms with Crippen LogP contribution in [-0.2, 0) is 19.6 Å². The molecule has 2 atom stereocenters. The standard InChI is InChI=1S/C10H20N2O4S/c1-16-10(13)5-6-17(14,15)12-9-4-2-3-8(9)7-11/h8-9,12H,2-7,11H2,1H3. The van der Waals surface area contributed by atoms with Gasteiger partial charge < -0.3 is 10.5 Å². The zero-order chi connectivity index (χ0) is 12.9. The summed E-state index contributed by atoms with van der Waals surface area (Å²) in [5.74, 6) is -0.534. The lowest BCUT2D eigenvalue weighted by atomic mass is 10.1. The van der Waals surface area contributed by atoms with Gasteiger partial charge in [-0.3, -0.25) is 4.79 Å². The van der Waals surface area contributed by atoms with Gasteiger partial charge in [-0.05, 0) is 25.3 Å². The van der Waals surface area contributed by atoms with Crippen molar-refractivity contribution in [2.75, 3.05) is 19.4 Å². The van der Waals surface area contributed by atoms with E-state index in [4.69, 9.17) is 5.73 Å². The highest BCUT2D eigenvalue weighted by atomic mass is 32.2. The molecule has 3 N–H and O–H groups in total. The number of esters is 1. The van der Waals surface area contributed by atoms with Crippen LogP contribution in [0.3, 0.4) is 0 Å². The summed E-state index contributed by atoms with van der Waals surface area (Å²) in [5, 5.41) is 0. The van der Waals surface area contributed by atoms with E-state index in [0.29, 0.717) is 6.54 Å². The summed E-state index contributed by atoms with van der Waals surface area (Å²) in [6.07, 6.45) is 2.65. The van der Waals surface area contributed by atoms with Gasteiger partial charge in [0, 0.05) is 6.04 Å². The van der Waals surface area contributed by atoms with E-state index in [0.717, 1.165) is 19.3 Å². The predicted octanol–water partition coefficient (Wildman–Crippen LogP) is -0.404. The second kappa shape index (κ2) is 6.32. The van der Waals surface area contributed by atoms with Crippen LogP contribution in [0.1, 0.15) is 25.7 Å². The van der Waals surface area contributed by atoms with E-state index < -0.39 is 16.0 Å². The summed E-state index contributed by atoms with van der Waals surface area (Å²) in [5.41, 5.74) is 5.58. The molecule has 1 saturated carbocycles. The molecule has 100 valence electrons. The SMILES string of the molecule is COC(=O)CCS(=O)(=O)NC1CCCC1CN. The number of carbonyl (C=O) groups excluding carboxylic acids is 1. The van der Waals surface area contributed by atoms with Gasteiger partial charge in [0.25, 0.3) is 0 Å². The van der Waals surface area contributed by atoms with Crippen LogP contribution in [0.15, 0.2) is 0 Å². The van der Waals surface area contributed by atoms with Crippen molar-refractivity contribution in [3.8, 4) is 0 Å². The molecule has 0 aliphatic heterocycles. The summed E-state index contributed by atoms with van der Waals surface area (Å²) in [6.45, 7) is 0.490. The van der Waals surface area contributed by atoms with Crippen LogP contribution in [0, 0.1) is 5.92 Å². The fraction of sp³-hybridized carbons (Fsp3) is 0.900. The van der Waals surface area contributed by atoms with E-state index >= 15 is 0 Å². The summed E-state index contributed by atoms with van der Waals surface area (Å²) >= 11 is 0.